The number of nitrogens with one attached hydrogen (secondary N) is 1. The molecular formula is C17H12BrClN2O. The van der Waals surface area contributed by atoms with E-state index in [-0.39, 0.29) is 5.91 Å². The Kier molecular flexibility index (Phi) is 4.32. The van der Waals surface area contributed by atoms with E-state index in [1.165, 1.54) is 0 Å². The molecule has 22 heavy (non-hydrogen) atoms. The lowest BCUT2D eigenvalue weighted by molar-refractivity contribution is 0.102. The van der Waals surface area contributed by atoms with Gasteiger partial charge in [-0.2, -0.15) is 0 Å². The Hall–Kier alpha value is -2.04. The predicted octanol–water partition coefficient (Wildman–Crippen LogP) is 5.15. The lowest BCUT2D eigenvalue weighted by atomic mass is 10.2. The van der Waals surface area contributed by atoms with Crippen molar-refractivity contribution in [3.05, 3.63) is 82.0 Å². The van der Waals surface area contributed by atoms with E-state index in [0.717, 1.165) is 10.2 Å². The number of aromatic nitrogens is 1. The van der Waals surface area contributed by atoms with E-state index in [1.54, 1.807) is 18.2 Å². The molecule has 0 spiro atoms. The van der Waals surface area contributed by atoms with Crippen LogP contribution in [0, 0.1) is 0 Å². The predicted molar refractivity (Wildman–Crippen MR) is 92.9 cm³/mol. The zero-order valence-electron chi connectivity index (χ0n) is 11.5. The van der Waals surface area contributed by atoms with Gasteiger partial charge in [0, 0.05) is 21.9 Å². The molecule has 0 radical (unpaired) electrons. The minimum absolute atomic E-state index is 0.178. The highest BCUT2D eigenvalue weighted by atomic mass is 79.9. The van der Waals surface area contributed by atoms with Crippen molar-refractivity contribution in [2.75, 3.05) is 5.32 Å². The van der Waals surface area contributed by atoms with Gasteiger partial charge in [-0.05, 0) is 58.4 Å². The summed E-state index contributed by atoms with van der Waals surface area (Å²) in [5.41, 5.74) is 2.09. The first-order valence-electron chi connectivity index (χ1n) is 6.64. The maximum atomic E-state index is 12.5. The molecule has 0 saturated carbocycles. The zero-order chi connectivity index (χ0) is 15.5. The highest BCUT2D eigenvalue weighted by Gasteiger charge is 2.12. The molecule has 3 rings (SSSR count). The van der Waals surface area contributed by atoms with Crippen LogP contribution in [0.15, 0.2) is 71.5 Å². The molecule has 5 heteroatoms. The van der Waals surface area contributed by atoms with Crippen LogP contribution in [0.2, 0.25) is 5.02 Å². The summed E-state index contributed by atoms with van der Waals surface area (Å²) in [7, 11) is 0. The number of carbonyl (C=O) groups is 1. The maximum absolute atomic E-state index is 12.5. The molecule has 1 N–H and O–H groups in total. The van der Waals surface area contributed by atoms with Crippen LogP contribution in [-0.2, 0) is 0 Å². The Morgan fingerprint density at radius 1 is 1.05 bits per heavy atom. The fraction of sp³-hybridized carbons (Fsp3) is 0. The monoisotopic (exact) mass is 374 g/mol. The number of hydrogen-bond donors (Lipinski definition) is 1. The van der Waals surface area contributed by atoms with Crippen LogP contribution in [0.3, 0.4) is 0 Å². The number of carbonyl (C=O) groups excluding carboxylic acids is 1. The number of anilines is 1. The van der Waals surface area contributed by atoms with E-state index >= 15 is 0 Å². The normalized spacial score (nSPS) is 10.5. The van der Waals surface area contributed by atoms with E-state index in [4.69, 9.17) is 11.6 Å². The fourth-order valence-electron chi connectivity index (χ4n) is 2.15. The molecule has 3 nitrogen and oxygen atoms in total. The van der Waals surface area contributed by atoms with E-state index in [9.17, 15) is 4.79 Å². The summed E-state index contributed by atoms with van der Waals surface area (Å²) in [6.07, 6.45) is 3.81. The van der Waals surface area contributed by atoms with Crippen LogP contribution in [0.1, 0.15) is 10.4 Å². The number of benzene rings is 2. The molecule has 0 aliphatic heterocycles. The molecule has 0 fully saturated rings. The molecule has 0 saturated heterocycles. The van der Waals surface area contributed by atoms with Crippen molar-refractivity contribution >= 4 is 39.1 Å². The molecule has 1 heterocycles. The second kappa shape index (κ2) is 6.38. The van der Waals surface area contributed by atoms with Gasteiger partial charge in [0.2, 0.25) is 0 Å². The first-order chi connectivity index (χ1) is 10.6. The summed E-state index contributed by atoms with van der Waals surface area (Å²) in [6.45, 7) is 0. The molecule has 1 aromatic heterocycles. The molecular weight excluding hydrogens is 364 g/mol. The quantitative estimate of drug-likeness (QED) is 0.675. The van der Waals surface area contributed by atoms with E-state index < -0.39 is 0 Å². The molecule has 3 aromatic rings. The van der Waals surface area contributed by atoms with Gasteiger partial charge >= 0.3 is 0 Å². The lowest BCUT2D eigenvalue weighted by Gasteiger charge is -2.13. The lowest BCUT2D eigenvalue weighted by Crippen LogP contribution is -2.14. The van der Waals surface area contributed by atoms with Gasteiger partial charge in [0.15, 0.2) is 0 Å². The first-order valence-corrected chi connectivity index (χ1v) is 7.81. The van der Waals surface area contributed by atoms with E-state index in [2.05, 4.69) is 21.2 Å². The third-order valence-electron chi connectivity index (χ3n) is 3.21. The van der Waals surface area contributed by atoms with Crippen molar-refractivity contribution in [1.29, 1.82) is 0 Å². The molecule has 0 atom stereocenters. The average molecular weight is 376 g/mol. The SMILES string of the molecule is O=C(Nc1ccc(Cl)cc1-n1cccc1)c1ccccc1Br. The third-order valence-corrected chi connectivity index (χ3v) is 4.14. The third kappa shape index (κ3) is 3.08. The molecule has 0 unspecified atom stereocenters. The molecule has 0 aliphatic rings. The zero-order valence-corrected chi connectivity index (χ0v) is 13.8. The Morgan fingerprint density at radius 2 is 1.77 bits per heavy atom. The van der Waals surface area contributed by atoms with E-state index in [1.807, 2.05) is 53.4 Å². The van der Waals surface area contributed by atoms with Crippen LogP contribution in [0.5, 0.6) is 0 Å². The molecule has 110 valence electrons. The van der Waals surface area contributed by atoms with Crippen LogP contribution < -0.4 is 5.32 Å². The Bertz CT molecular complexity index is 815. The van der Waals surface area contributed by atoms with E-state index in [0.29, 0.717) is 16.3 Å². The van der Waals surface area contributed by atoms with Gasteiger partial charge in [-0.3, -0.25) is 4.79 Å². The number of rotatable bonds is 3. The van der Waals surface area contributed by atoms with Gasteiger partial charge in [0.1, 0.15) is 0 Å². The Balaban J connectivity index is 1.96. The van der Waals surface area contributed by atoms with Gasteiger partial charge in [-0.15, -0.1) is 0 Å². The van der Waals surface area contributed by atoms with Crippen LogP contribution >= 0.6 is 27.5 Å². The van der Waals surface area contributed by atoms with Crippen molar-refractivity contribution in [2.24, 2.45) is 0 Å². The summed E-state index contributed by atoms with van der Waals surface area (Å²) in [6, 6.07) is 16.5. The van der Waals surface area contributed by atoms with Gasteiger partial charge in [0.25, 0.3) is 5.91 Å². The molecule has 0 aliphatic carbocycles. The van der Waals surface area contributed by atoms with Gasteiger partial charge in [-0.25, -0.2) is 0 Å². The number of amides is 1. The highest BCUT2D eigenvalue weighted by Crippen LogP contribution is 2.26. The van der Waals surface area contributed by atoms with Crippen molar-refractivity contribution < 1.29 is 4.79 Å². The standard InChI is InChI=1S/C17H12BrClN2O/c18-14-6-2-1-5-13(14)17(22)20-15-8-7-12(19)11-16(15)21-9-3-4-10-21/h1-11H,(H,20,22). The minimum Gasteiger partial charge on any atom is -0.322 e. The summed E-state index contributed by atoms with van der Waals surface area (Å²) >= 11 is 9.47. The van der Waals surface area contributed by atoms with Crippen molar-refractivity contribution in [3.63, 3.8) is 0 Å². The van der Waals surface area contributed by atoms with Gasteiger partial charge in [0.05, 0.1) is 16.9 Å². The summed E-state index contributed by atoms with van der Waals surface area (Å²) in [5.74, 6) is -0.178. The average Bonchev–Trinajstić information content (AvgIpc) is 3.03. The molecule has 2 aromatic carbocycles. The summed E-state index contributed by atoms with van der Waals surface area (Å²) in [4.78, 5) is 12.5. The number of halogens is 2. The molecule has 0 bridgehead atoms. The smallest absolute Gasteiger partial charge is 0.256 e. The minimum atomic E-state index is -0.178. The Labute approximate surface area is 141 Å². The van der Waals surface area contributed by atoms with Crippen LogP contribution in [-0.4, -0.2) is 10.5 Å². The van der Waals surface area contributed by atoms with Crippen molar-refractivity contribution in [2.45, 2.75) is 0 Å². The maximum Gasteiger partial charge on any atom is 0.256 e. The van der Waals surface area contributed by atoms with Gasteiger partial charge in [-0.1, -0.05) is 23.7 Å². The number of nitrogens with zero attached hydrogens (tertiary/aromatic N) is 1. The topological polar surface area (TPSA) is 34.0 Å². The molecule has 1 amide bonds. The van der Waals surface area contributed by atoms with Crippen molar-refractivity contribution in [1.82, 2.24) is 4.57 Å². The second-order valence-corrected chi connectivity index (χ2v) is 5.98. The first kappa shape index (κ1) is 14.9. The van der Waals surface area contributed by atoms with Crippen molar-refractivity contribution in [3.8, 4) is 5.69 Å². The fourth-order valence-corrected chi connectivity index (χ4v) is 2.79. The highest BCUT2D eigenvalue weighted by molar-refractivity contribution is 9.10. The van der Waals surface area contributed by atoms with Gasteiger partial charge < -0.3 is 9.88 Å². The number of hydrogen-bond acceptors (Lipinski definition) is 1. The summed E-state index contributed by atoms with van der Waals surface area (Å²) in [5, 5.41) is 3.55. The van der Waals surface area contributed by atoms with Crippen LogP contribution in [0.4, 0.5) is 5.69 Å². The van der Waals surface area contributed by atoms with Crippen LogP contribution in [0.25, 0.3) is 5.69 Å². The second-order valence-electron chi connectivity index (χ2n) is 4.69. The largest absolute Gasteiger partial charge is 0.322 e. The summed E-state index contributed by atoms with van der Waals surface area (Å²) < 4.78 is 2.66. The Morgan fingerprint density at radius 3 is 2.50 bits per heavy atom.